The average molecular weight is 263 g/mol. The minimum absolute atomic E-state index is 0.151. The molecule has 0 radical (unpaired) electrons. The Hall–Kier alpha value is -2.95. The summed E-state index contributed by atoms with van der Waals surface area (Å²) < 4.78 is 0. The SMILES string of the molecule is O=C1N=C2C(=Nc3ccccc32)N1c1ccc(O)cc1. The second-order valence-corrected chi connectivity index (χ2v) is 4.55. The first-order valence-electron chi connectivity index (χ1n) is 6.14. The van der Waals surface area contributed by atoms with E-state index in [4.69, 9.17) is 0 Å². The summed E-state index contributed by atoms with van der Waals surface area (Å²) in [4.78, 5) is 22.1. The summed E-state index contributed by atoms with van der Waals surface area (Å²) in [7, 11) is 0. The van der Waals surface area contributed by atoms with Gasteiger partial charge in [0.15, 0.2) is 5.84 Å². The normalized spacial score (nSPS) is 15.8. The minimum atomic E-state index is -0.362. The number of carbonyl (C=O) groups is 1. The van der Waals surface area contributed by atoms with Gasteiger partial charge in [0.2, 0.25) is 0 Å². The Labute approximate surface area is 114 Å². The number of aliphatic imine (C=N–C) groups is 2. The molecule has 2 amide bonds. The summed E-state index contributed by atoms with van der Waals surface area (Å²) in [5.74, 6) is 0.695. The lowest BCUT2D eigenvalue weighted by molar-refractivity contribution is 0.257. The van der Waals surface area contributed by atoms with Crippen LogP contribution in [-0.4, -0.2) is 22.7 Å². The van der Waals surface area contributed by atoms with Gasteiger partial charge in [0.25, 0.3) is 0 Å². The van der Waals surface area contributed by atoms with Crippen molar-refractivity contribution in [2.75, 3.05) is 4.90 Å². The van der Waals surface area contributed by atoms with Crippen molar-refractivity contribution in [1.82, 2.24) is 0 Å². The van der Waals surface area contributed by atoms with Crippen molar-refractivity contribution in [3.05, 3.63) is 54.1 Å². The van der Waals surface area contributed by atoms with Crippen molar-refractivity contribution < 1.29 is 9.90 Å². The molecule has 0 saturated heterocycles. The Morgan fingerprint density at radius 2 is 1.70 bits per heavy atom. The van der Waals surface area contributed by atoms with Gasteiger partial charge in [0.05, 0.1) is 11.4 Å². The average Bonchev–Trinajstić information content (AvgIpc) is 2.95. The molecule has 0 bridgehead atoms. The van der Waals surface area contributed by atoms with E-state index in [1.54, 1.807) is 12.1 Å². The highest BCUT2D eigenvalue weighted by atomic mass is 16.3. The van der Waals surface area contributed by atoms with E-state index in [0.29, 0.717) is 17.2 Å². The van der Waals surface area contributed by atoms with Gasteiger partial charge in [-0.15, -0.1) is 0 Å². The Morgan fingerprint density at radius 1 is 0.950 bits per heavy atom. The molecule has 96 valence electrons. The number of rotatable bonds is 1. The molecule has 2 aromatic carbocycles. The fourth-order valence-electron chi connectivity index (χ4n) is 2.40. The molecule has 5 heteroatoms. The third kappa shape index (κ3) is 1.40. The number of phenols is 1. The molecule has 1 N–H and O–H groups in total. The van der Waals surface area contributed by atoms with Gasteiger partial charge in [0.1, 0.15) is 11.5 Å². The number of amides is 2. The maximum absolute atomic E-state index is 12.1. The van der Waals surface area contributed by atoms with Crippen molar-refractivity contribution in [3.8, 4) is 5.75 Å². The third-order valence-corrected chi connectivity index (χ3v) is 3.32. The van der Waals surface area contributed by atoms with Crippen LogP contribution >= 0.6 is 0 Å². The number of benzene rings is 2. The number of carbonyl (C=O) groups excluding carboxylic acids is 1. The van der Waals surface area contributed by atoms with Gasteiger partial charge in [-0.1, -0.05) is 18.2 Å². The number of nitrogens with zero attached hydrogens (tertiary/aromatic N) is 3. The molecule has 0 aliphatic carbocycles. The number of hydrogen-bond donors (Lipinski definition) is 1. The Morgan fingerprint density at radius 3 is 2.50 bits per heavy atom. The van der Waals surface area contributed by atoms with Gasteiger partial charge in [0, 0.05) is 5.56 Å². The molecule has 5 nitrogen and oxygen atoms in total. The van der Waals surface area contributed by atoms with E-state index in [1.807, 2.05) is 24.3 Å². The molecule has 2 aliphatic rings. The van der Waals surface area contributed by atoms with Gasteiger partial charge in [-0.25, -0.2) is 14.7 Å². The zero-order valence-electron chi connectivity index (χ0n) is 10.3. The monoisotopic (exact) mass is 263 g/mol. The molecule has 0 unspecified atom stereocenters. The summed E-state index contributed by atoms with van der Waals surface area (Å²) in [6, 6.07) is 13.6. The molecule has 0 aromatic heterocycles. The Balaban J connectivity index is 1.83. The Kier molecular flexibility index (Phi) is 2.06. The number of phenolic OH excluding ortho intramolecular Hbond substituents is 1. The molecule has 2 heterocycles. The van der Waals surface area contributed by atoms with Gasteiger partial charge < -0.3 is 5.11 Å². The zero-order valence-corrected chi connectivity index (χ0v) is 10.3. The van der Waals surface area contributed by atoms with Gasteiger partial charge in [-0.05, 0) is 30.3 Å². The lowest BCUT2D eigenvalue weighted by Gasteiger charge is -2.14. The topological polar surface area (TPSA) is 65.3 Å². The van der Waals surface area contributed by atoms with Crippen molar-refractivity contribution >= 4 is 29.0 Å². The van der Waals surface area contributed by atoms with Gasteiger partial charge in [-0.3, -0.25) is 0 Å². The maximum Gasteiger partial charge on any atom is 0.354 e. The number of amidine groups is 1. The first-order valence-corrected chi connectivity index (χ1v) is 6.14. The Bertz CT molecular complexity index is 791. The van der Waals surface area contributed by atoms with Crippen LogP contribution in [0.3, 0.4) is 0 Å². The number of urea groups is 1. The number of hydrogen-bond acceptors (Lipinski definition) is 3. The third-order valence-electron chi connectivity index (χ3n) is 3.32. The molecule has 0 saturated carbocycles. The van der Waals surface area contributed by atoms with Crippen LogP contribution in [0.25, 0.3) is 0 Å². The highest BCUT2D eigenvalue weighted by molar-refractivity contribution is 6.62. The predicted molar refractivity (Wildman–Crippen MR) is 76.1 cm³/mol. The predicted octanol–water partition coefficient (Wildman–Crippen LogP) is 2.87. The zero-order chi connectivity index (χ0) is 13.7. The largest absolute Gasteiger partial charge is 0.508 e. The number of fused-ring (bicyclic) bond motifs is 3. The standard InChI is InChI=1S/C15H9N3O2/c19-10-7-5-9(6-8-10)18-14-13(17-15(18)20)11-3-1-2-4-12(11)16-14/h1-8,19H. The summed E-state index contributed by atoms with van der Waals surface area (Å²) >= 11 is 0. The number of anilines is 1. The summed E-state index contributed by atoms with van der Waals surface area (Å²) in [6.07, 6.45) is 0. The molecule has 0 fully saturated rings. The van der Waals surface area contributed by atoms with Crippen LogP contribution in [0.4, 0.5) is 16.2 Å². The smallest absolute Gasteiger partial charge is 0.354 e. The maximum atomic E-state index is 12.1. The molecular weight excluding hydrogens is 254 g/mol. The van der Waals surface area contributed by atoms with Gasteiger partial charge in [-0.2, -0.15) is 4.99 Å². The molecule has 2 aliphatic heterocycles. The second kappa shape index (κ2) is 3.77. The first-order chi connectivity index (χ1) is 9.74. The van der Waals surface area contributed by atoms with E-state index in [0.717, 1.165) is 11.3 Å². The van der Waals surface area contributed by atoms with Crippen LogP contribution in [0.2, 0.25) is 0 Å². The van der Waals surface area contributed by atoms with Crippen molar-refractivity contribution in [1.29, 1.82) is 0 Å². The van der Waals surface area contributed by atoms with E-state index in [-0.39, 0.29) is 11.8 Å². The molecular formula is C15H9N3O2. The number of aromatic hydroxyl groups is 1. The fraction of sp³-hybridized carbons (Fsp3) is 0. The van der Waals surface area contributed by atoms with Crippen molar-refractivity contribution in [2.24, 2.45) is 9.98 Å². The molecule has 0 spiro atoms. The molecule has 20 heavy (non-hydrogen) atoms. The van der Waals surface area contributed by atoms with Crippen LogP contribution in [0, 0.1) is 0 Å². The minimum Gasteiger partial charge on any atom is -0.508 e. The lowest BCUT2D eigenvalue weighted by atomic mass is 10.1. The van der Waals surface area contributed by atoms with Crippen LogP contribution in [-0.2, 0) is 0 Å². The lowest BCUT2D eigenvalue weighted by Crippen LogP contribution is -2.31. The van der Waals surface area contributed by atoms with Crippen LogP contribution < -0.4 is 4.90 Å². The van der Waals surface area contributed by atoms with Crippen molar-refractivity contribution in [2.45, 2.75) is 0 Å². The summed E-state index contributed by atoms with van der Waals surface area (Å²) in [5.41, 5.74) is 2.94. The summed E-state index contributed by atoms with van der Waals surface area (Å²) in [6.45, 7) is 0. The molecule has 4 rings (SSSR count). The first kappa shape index (κ1) is 10.9. The van der Waals surface area contributed by atoms with Crippen LogP contribution in [0.15, 0.2) is 58.5 Å². The van der Waals surface area contributed by atoms with Crippen LogP contribution in [0.1, 0.15) is 5.56 Å². The highest BCUT2D eigenvalue weighted by Crippen LogP contribution is 2.33. The fourth-order valence-corrected chi connectivity index (χ4v) is 2.40. The van der Waals surface area contributed by atoms with Crippen molar-refractivity contribution in [3.63, 3.8) is 0 Å². The van der Waals surface area contributed by atoms with E-state index in [2.05, 4.69) is 9.98 Å². The molecule has 2 aromatic rings. The number of para-hydroxylation sites is 1. The summed E-state index contributed by atoms with van der Waals surface area (Å²) in [5, 5.41) is 9.33. The molecule has 0 atom stereocenters. The quantitative estimate of drug-likeness (QED) is 0.859. The van der Waals surface area contributed by atoms with Gasteiger partial charge >= 0.3 is 6.03 Å². The van der Waals surface area contributed by atoms with E-state index >= 15 is 0 Å². The highest BCUT2D eigenvalue weighted by Gasteiger charge is 2.37. The second-order valence-electron chi connectivity index (χ2n) is 4.55. The van der Waals surface area contributed by atoms with E-state index in [9.17, 15) is 9.90 Å². The van der Waals surface area contributed by atoms with Crippen LogP contribution in [0.5, 0.6) is 5.75 Å². The van der Waals surface area contributed by atoms with E-state index < -0.39 is 0 Å². The van der Waals surface area contributed by atoms with E-state index in [1.165, 1.54) is 17.0 Å².